The standard InChI is InChI=1S/C11H13BrN4/c1-7-10(12)11(13)16(15-7)8(2)9-3-5-14-6-4-9/h3-6,8H,13H2,1-2H3. The van der Waals surface area contributed by atoms with Gasteiger partial charge in [0.25, 0.3) is 0 Å². The fourth-order valence-electron chi connectivity index (χ4n) is 1.62. The predicted octanol–water partition coefficient (Wildman–Crippen LogP) is 2.54. The van der Waals surface area contributed by atoms with Crippen molar-refractivity contribution in [2.75, 3.05) is 5.73 Å². The smallest absolute Gasteiger partial charge is 0.137 e. The van der Waals surface area contributed by atoms with E-state index in [0.29, 0.717) is 5.82 Å². The number of aryl methyl sites for hydroxylation is 1. The van der Waals surface area contributed by atoms with Crippen LogP contribution in [0.2, 0.25) is 0 Å². The lowest BCUT2D eigenvalue weighted by atomic mass is 10.1. The van der Waals surface area contributed by atoms with Gasteiger partial charge in [-0.25, -0.2) is 4.68 Å². The van der Waals surface area contributed by atoms with Crippen molar-refractivity contribution in [3.05, 3.63) is 40.3 Å². The highest BCUT2D eigenvalue weighted by Gasteiger charge is 2.15. The highest BCUT2D eigenvalue weighted by Crippen LogP contribution is 2.28. The Morgan fingerprint density at radius 3 is 2.50 bits per heavy atom. The van der Waals surface area contributed by atoms with Crippen LogP contribution < -0.4 is 5.73 Å². The molecule has 0 spiro atoms. The molecule has 2 rings (SSSR count). The summed E-state index contributed by atoms with van der Waals surface area (Å²) < 4.78 is 2.68. The Balaban J connectivity index is 2.42. The predicted molar refractivity (Wildman–Crippen MR) is 67.1 cm³/mol. The van der Waals surface area contributed by atoms with E-state index in [2.05, 4.69) is 32.9 Å². The third kappa shape index (κ3) is 1.82. The zero-order chi connectivity index (χ0) is 11.7. The summed E-state index contributed by atoms with van der Waals surface area (Å²) in [5.41, 5.74) is 8.02. The zero-order valence-electron chi connectivity index (χ0n) is 9.18. The first-order valence-electron chi connectivity index (χ1n) is 5.01. The number of hydrogen-bond acceptors (Lipinski definition) is 3. The monoisotopic (exact) mass is 280 g/mol. The molecule has 5 heteroatoms. The lowest BCUT2D eigenvalue weighted by Crippen LogP contribution is -2.11. The summed E-state index contributed by atoms with van der Waals surface area (Å²) >= 11 is 3.42. The molecule has 4 nitrogen and oxygen atoms in total. The average molecular weight is 281 g/mol. The van der Waals surface area contributed by atoms with Gasteiger partial charge in [-0.2, -0.15) is 5.10 Å². The van der Waals surface area contributed by atoms with E-state index >= 15 is 0 Å². The molecule has 0 aliphatic heterocycles. The van der Waals surface area contributed by atoms with Crippen molar-refractivity contribution >= 4 is 21.7 Å². The van der Waals surface area contributed by atoms with Crippen LogP contribution in [0.1, 0.15) is 24.2 Å². The molecular formula is C11H13BrN4. The Kier molecular flexibility index (Phi) is 2.96. The van der Waals surface area contributed by atoms with E-state index < -0.39 is 0 Å². The third-order valence-electron chi connectivity index (χ3n) is 2.60. The van der Waals surface area contributed by atoms with Gasteiger partial charge in [-0.3, -0.25) is 4.98 Å². The number of nitrogens with zero attached hydrogens (tertiary/aromatic N) is 3. The van der Waals surface area contributed by atoms with Gasteiger partial charge in [0.05, 0.1) is 16.2 Å². The van der Waals surface area contributed by atoms with E-state index in [0.717, 1.165) is 15.7 Å². The lowest BCUT2D eigenvalue weighted by Gasteiger charge is -2.13. The minimum Gasteiger partial charge on any atom is -0.383 e. The molecule has 84 valence electrons. The molecule has 0 saturated heterocycles. The lowest BCUT2D eigenvalue weighted by molar-refractivity contribution is 0.568. The number of nitrogen functional groups attached to an aromatic ring is 1. The fourth-order valence-corrected chi connectivity index (χ4v) is 1.88. The number of hydrogen-bond donors (Lipinski definition) is 1. The van der Waals surface area contributed by atoms with Gasteiger partial charge in [-0.1, -0.05) is 0 Å². The molecule has 2 N–H and O–H groups in total. The largest absolute Gasteiger partial charge is 0.383 e. The molecule has 0 bridgehead atoms. The van der Waals surface area contributed by atoms with Gasteiger partial charge in [0.2, 0.25) is 0 Å². The summed E-state index contributed by atoms with van der Waals surface area (Å²) in [5.74, 6) is 0.654. The van der Waals surface area contributed by atoms with Gasteiger partial charge in [-0.05, 0) is 47.5 Å². The summed E-state index contributed by atoms with van der Waals surface area (Å²) in [5, 5.41) is 4.41. The summed E-state index contributed by atoms with van der Waals surface area (Å²) in [6.45, 7) is 3.99. The van der Waals surface area contributed by atoms with Gasteiger partial charge >= 0.3 is 0 Å². The van der Waals surface area contributed by atoms with Crippen molar-refractivity contribution in [2.45, 2.75) is 19.9 Å². The number of aromatic nitrogens is 3. The second-order valence-corrected chi connectivity index (χ2v) is 4.48. The first-order chi connectivity index (χ1) is 7.61. The minimum absolute atomic E-state index is 0.105. The molecular weight excluding hydrogens is 268 g/mol. The molecule has 0 aliphatic rings. The van der Waals surface area contributed by atoms with Crippen molar-refractivity contribution in [1.29, 1.82) is 0 Å². The van der Waals surface area contributed by atoms with Crippen LogP contribution in [0.15, 0.2) is 29.0 Å². The number of anilines is 1. The molecule has 0 fully saturated rings. The van der Waals surface area contributed by atoms with Crippen LogP contribution in [0.3, 0.4) is 0 Å². The molecule has 0 amide bonds. The Morgan fingerprint density at radius 1 is 1.38 bits per heavy atom. The minimum atomic E-state index is 0.105. The molecule has 2 heterocycles. The van der Waals surface area contributed by atoms with Crippen molar-refractivity contribution < 1.29 is 0 Å². The van der Waals surface area contributed by atoms with E-state index in [1.54, 1.807) is 12.4 Å². The first-order valence-corrected chi connectivity index (χ1v) is 5.80. The summed E-state index contributed by atoms with van der Waals surface area (Å²) in [6, 6.07) is 4.04. The Bertz CT molecular complexity index is 492. The SMILES string of the molecule is Cc1nn(C(C)c2ccncc2)c(N)c1Br. The number of rotatable bonds is 2. The number of halogens is 1. The van der Waals surface area contributed by atoms with E-state index in [1.807, 2.05) is 23.7 Å². The van der Waals surface area contributed by atoms with Crippen LogP contribution in [-0.4, -0.2) is 14.8 Å². The van der Waals surface area contributed by atoms with Crippen LogP contribution in [0.25, 0.3) is 0 Å². The number of nitrogens with two attached hydrogens (primary N) is 1. The normalized spacial score (nSPS) is 12.7. The van der Waals surface area contributed by atoms with Crippen LogP contribution in [0.4, 0.5) is 5.82 Å². The third-order valence-corrected chi connectivity index (χ3v) is 3.58. The molecule has 0 aliphatic carbocycles. The Morgan fingerprint density at radius 2 is 2.00 bits per heavy atom. The maximum absolute atomic E-state index is 5.98. The fraction of sp³-hybridized carbons (Fsp3) is 0.273. The average Bonchev–Trinajstić information content (AvgIpc) is 2.57. The number of pyridine rings is 1. The van der Waals surface area contributed by atoms with Crippen LogP contribution in [-0.2, 0) is 0 Å². The molecule has 0 radical (unpaired) electrons. The second-order valence-electron chi connectivity index (χ2n) is 3.69. The van der Waals surface area contributed by atoms with Gasteiger partial charge in [0, 0.05) is 12.4 Å². The van der Waals surface area contributed by atoms with Gasteiger partial charge in [0.1, 0.15) is 5.82 Å². The topological polar surface area (TPSA) is 56.7 Å². The molecule has 1 unspecified atom stereocenters. The van der Waals surface area contributed by atoms with Crippen molar-refractivity contribution in [2.24, 2.45) is 0 Å². The van der Waals surface area contributed by atoms with E-state index in [1.165, 1.54) is 0 Å². The second kappa shape index (κ2) is 4.25. The molecule has 1 atom stereocenters. The van der Waals surface area contributed by atoms with Crippen LogP contribution in [0.5, 0.6) is 0 Å². The van der Waals surface area contributed by atoms with Gasteiger partial charge in [-0.15, -0.1) is 0 Å². The zero-order valence-corrected chi connectivity index (χ0v) is 10.8. The van der Waals surface area contributed by atoms with Crippen LogP contribution >= 0.6 is 15.9 Å². The van der Waals surface area contributed by atoms with Crippen molar-refractivity contribution in [3.63, 3.8) is 0 Å². The summed E-state index contributed by atoms with van der Waals surface area (Å²) in [7, 11) is 0. The highest BCUT2D eigenvalue weighted by molar-refractivity contribution is 9.10. The van der Waals surface area contributed by atoms with E-state index in [4.69, 9.17) is 5.73 Å². The summed E-state index contributed by atoms with van der Waals surface area (Å²) in [6.07, 6.45) is 3.54. The molecule has 2 aromatic rings. The molecule has 16 heavy (non-hydrogen) atoms. The molecule has 0 saturated carbocycles. The van der Waals surface area contributed by atoms with Gasteiger partial charge in [0.15, 0.2) is 0 Å². The van der Waals surface area contributed by atoms with Crippen molar-refractivity contribution in [1.82, 2.24) is 14.8 Å². The van der Waals surface area contributed by atoms with Crippen molar-refractivity contribution in [3.8, 4) is 0 Å². The van der Waals surface area contributed by atoms with E-state index in [-0.39, 0.29) is 6.04 Å². The Hall–Kier alpha value is -1.36. The maximum atomic E-state index is 5.98. The highest BCUT2D eigenvalue weighted by atomic mass is 79.9. The van der Waals surface area contributed by atoms with Crippen LogP contribution in [0, 0.1) is 6.92 Å². The molecule has 0 aromatic carbocycles. The first kappa shape index (κ1) is 11.1. The molecule has 2 aromatic heterocycles. The maximum Gasteiger partial charge on any atom is 0.137 e. The summed E-state index contributed by atoms with van der Waals surface area (Å²) in [4.78, 5) is 4.00. The van der Waals surface area contributed by atoms with Gasteiger partial charge < -0.3 is 5.73 Å². The van der Waals surface area contributed by atoms with E-state index in [9.17, 15) is 0 Å². The Labute approximate surface area is 103 Å². The quantitative estimate of drug-likeness (QED) is 0.920.